The Kier molecular flexibility index (Phi) is 2.64. The van der Waals surface area contributed by atoms with Crippen molar-refractivity contribution in [3.63, 3.8) is 0 Å². The van der Waals surface area contributed by atoms with Crippen molar-refractivity contribution in [2.45, 2.75) is 10.2 Å². The predicted octanol–water partition coefficient (Wildman–Crippen LogP) is 5.05. The average molecular weight is 338 g/mol. The molecule has 0 fully saturated rings. The van der Waals surface area contributed by atoms with Gasteiger partial charge in [0.2, 0.25) is 0 Å². The Balaban J connectivity index is 2.24. The summed E-state index contributed by atoms with van der Waals surface area (Å²) in [7, 11) is 0. The molecule has 0 spiro atoms. The van der Waals surface area contributed by atoms with Crippen LogP contribution in [-0.2, 0) is 6.42 Å². The van der Waals surface area contributed by atoms with Gasteiger partial charge < -0.3 is 0 Å². The monoisotopic (exact) mass is 336 g/mol. The summed E-state index contributed by atoms with van der Waals surface area (Å²) in [5.74, 6) is 0. The summed E-state index contributed by atoms with van der Waals surface area (Å²) < 4.78 is 0.240. The van der Waals surface area contributed by atoms with Crippen LogP contribution in [0.4, 0.5) is 0 Å². The van der Waals surface area contributed by atoms with E-state index in [0.717, 1.165) is 6.42 Å². The Morgan fingerprint density at radius 2 is 1.62 bits per heavy atom. The Morgan fingerprint density at radius 3 is 2.44 bits per heavy atom. The molecule has 0 bridgehead atoms. The Hall–Kier alpha value is -0.600. The number of benzene rings is 2. The molecule has 0 nitrogen and oxygen atoms in total. The van der Waals surface area contributed by atoms with Crippen molar-refractivity contribution in [1.82, 2.24) is 0 Å². The molecule has 0 aromatic heterocycles. The molecule has 1 aliphatic carbocycles. The fourth-order valence-corrected chi connectivity index (χ4v) is 3.24. The molecule has 0 saturated heterocycles. The third-order valence-corrected chi connectivity index (χ3v) is 4.11. The van der Waals surface area contributed by atoms with Gasteiger partial charge in [0.25, 0.3) is 0 Å². The average Bonchev–Trinajstić information content (AvgIpc) is 2.67. The van der Waals surface area contributed by atoms with Crippen molar-refractivity contribution >= 4 is 31.9 Å². The number of halogens is 2. The molecule has 0 amide bonds. The molecule has 0 radical (unpaired) electrons. The second-order valence-electron chi connectivity index (χ2n) is 4.01. The molecule has 2 heteroatoms. The number of rotatable bonds is 1. The molecule has 0 atom stereocenters. The minimum Gasteiger partial charge on any atom is -0.0712 e. The quantitative estimate of drug-likeness (QED) is 0.545. The molecule has 2 aromatic rings. The highest BCUT2D eigenvalue weighted by Crippen LogP contribution is 2.42. The fraction of sp³-hybridized carbons (Fsp3) is 0.143. The minimum absolute atomic E-state index is 0.240. The van der Waals surface area contributed by atoms with Gasteiger partial charge in [-0.15, -0.1) is 0 Å². The predicted molar refractivity (Wildman–Crippen MR) is 75.3 cm³/mol. The van der Waals surface area contributed by atoms with Crippen molar-refractivity contribution in [2.24, 2.45) is 0 Å². The third-order valence-electron chi connectivity index (χ3n) is 3.12. The van der Waals surface area contributed by atoms with Gasteiger partial charge in [0.1, 0.15) is 0 Å². The van der Waals surface area contributed by atoms with E-state index in [2.05, 4.69) is 74.3 Å². The van der Waals surface area contributed by atoms with Crippen molar-refractivity contribution in [3.05, 3.63) is 59.2 Å². The van der Waals surface area contributed by atoms with E-state index in [1.165, 1.54) is 27.8 Å². The van der Waals surface area contributed by atoms with E-state index in [4.69, 9.17) is 0 Å². The number of hydrogen-bond acceptors (Lipinski definition) is 0. The summed E-state index contributed by atoms with van der Waals surface area (Å²) >= 11 is 7.20. The fourth-order valence-electron chi connectivity index (χ4n) is 2.39. The van der Waals surface area contributed by atoms with Gasteiger partial charge >= 0.3 is 0 Å². The van der Waals surface area contributed by atoms with Gasteiger partial charge in [-0.2, -0.15) is 0 Å². The molecule has 0 heterocycles. The maximum Gasteiger partial charge on any atom is 0.0949 e. The van der Waals surface area contributed by atoms with E-state index < -0.39 is 0 Å². The molecule has 16 heavy (non-hydrogen) atoms. The molecule has 0 aliphatic heterocycles. The van der Waals surface area contributed by atoms with Crippen LogP contribution in [0.5, 0.6) is 0 Å². The zero-order valence-electron chi connectivity index (χ0n) is 8.58. The normalized spacial score (nSPS) is 12.7. The lowest BCUT2D eigenvalue weighted by Gasteiger charge is -2.09. The van der Waals surface area contributed by atoms with Gasteiger partial charge in [0, 0.05) is 0 Å². The lowest BCUT2D eigenvalue weighted by Crippen LogP contribution is -1.90. The van der Waals surface area contributed by atoms with Crippen molar-refractivity contribution in [2.75, 3.05) is 0 Å². The molecule has 80 valence electrons. The van der Waals surface area contributed by atoms with Crippen LogP contribution >= 0.6 is 31.9 Å². The summed E-state index contributed by atoms with van der Waals surface area (Å²) in [5.41, 5.74) is 7.00. The lowest BCUT2D eigenvalue weighted by molar-refractivity contribution is 1.21. The van der Waals surface area contributed by atoms with Gasteiger partial charge in [0.05, 0.1) is 3.74 Å². The second-order valence-corrected chi connectivity index (χ2v) is 7.07. The van der Waals surface area contributed by atoms with Crippen LogP contribution in [0.15, 0.2) is 42.5 Å². The number of fused-ring (bicyclic) bond motifs is 3. The number of alkyl halides is 2. The highest BCUT2D eigenvalue weighted by molar-refractivity contribution is 9.24. The van der Waals surface area contributed by atoms with Crippen molar-refractivity contribution in [1.29, 1.82) is 0 Å². The van der Waals surface area contributed by atoms with E-state index in [9.17, 15) is 0 Å². The summed E-state index contributed by atoms with van der Waals surface area (Å²) in [4.78, 5) is 0. The molecular formula is C14H10Br2. The minimum atomic E-state index is 0.240. The van der Waals surface area contributed by atoms with Crippen LogP contribution in [0.2, 0.25) is 0 Å². The number of hydrogen-bond donors (Lipinski definition) is 0. The molecule has 3 rings (SSSR count). The Labute approximate surface area is 112 Å². The van der Waals surface area contributed by atoms with E-state index in [1.54, 1.807) is 0 Å². The molecule has 1 aliphatic rings. The van der Waals surface area contributed by atoms with Crippen LogP contribution in [0.1, 0.15) is 20.4 Å². The van der Waals surface area contributed by atoms with Crippen LogP contribution in [0, 0.1) is 0 Å². The van der Waals surface area contributed by atoms with Crippen LogP contribution in [-0.4, -0.2) is 0 Å². The van der Waals surface area contributed by atoms with E-state index in [0.29, 0.717) is 0 Å². The first kappa shape index (κ1) is 10.5. The van der Waals surface area contributed by atoms with E-state index in [-0.39, 0.29) is 3.74 Å². The molecule has 0 N–H and O–H groups in total. The Bertz CT molecular complexity index is 544. The maximum atomic E-state index is 3.60. The van der Waals surface area contributed by atoms with Gasteiger partial charge in [-0.25, -0.2) is 0 Å². The third kappa shape index (κ3) is 1.56. The van der Waals surface area contributed by atoms with Crippen molar-refractivity contribution < 1.29 is 0 Å². The first-order valence-corrected chi connectivity index (χ1v) is 7.08. The SMILES string of the molecule is BrC(Br)c1cccc2c1Cc1ccccc1-2. The van der Waals surface area contributed by atoms with Crippen LogP contribution in [0.3, 0.4) is 0 Å². The lowest BCUT2D eigenvalue weighted by atomic mass is 10.0. The summed E-state index contributed by atoms with van der Waals surface area (Å²) in [6, 6.07) is 15.2. The molecule has 0 unspecified atom stereocenters. The van der Waals surface area contributed by atoms with Gasteiger partial charge in [-0.3, -0.25) is 0 Å². The standard InChI is InChI=1S/C14H10Br2/c15-14(16)12-7-3-6-11-10-5-2-1-4-9(10)8-13(11)12/h1-7,14H,8H2. The maximum absolute atomic E-state index is 3.60. The first-order valence-electron chi connectivity index (χ1n) is 5.25. The summed E-state index contributed by atoms with van der Waals surface area (Å²) in [6.45, 7) is 0. The highest BCUT2D eigenvalue weighted by Gasteiger charge is 2.21. The van der Waals surface area contributed by atoms with Crippen molar-refractivity contribution in [3.8, 4) is 11.1 Å². The highest BCUT2D eigenvalue weighted by atomic mass is 79.9. The zero-order chi connectivity index (χ0) is 11.1. The second kappa shape index (κ2) is 4.01. The van der Waals surface area contributed by atoms with E-state index >= 15 is 0 Å². The molecule has 2 aromatic carbocycles. The Morgan fingerprint density at radius 1 is 0.875 bits per heavy atom. The van der Waals surface area contributed by atoms with Gasteiger partial charge in [-0.1, -0.05) is 74.3 Å². The molecular weight excluding hydrogens is 328 g/mol. The smallest absolute Gasteiger partial charge is 0.0712 e. The van der Waals surface area contributed by atoms with E-state index in [1.807, 2.05) is 0 Å². The zero-order valence-corrected chi connectivity index (χ0v) is 11.8. The topological polar surface area (TPSA) is 0 Å². The largest absolute Gasteiger partial charge is 0.0949 e. The van der Waals surface area contributed by atoms with Crippen LogP contribution < -0.4 is 0 Å². The van der Waals surface area contributed by atoms with Gasteiger partial charge in [-0.05, 0) is 34.2 Å². The molecule has 0 saturated carbocycles. The van der Waals surface area contributed by atoms with Gasteiger partial charge in [0.15, 0.2) is 0 Å². The first-order chi connectivity index (χ1) is 7.77. The summed E-state index contributed by atoms with van der Waals surface area (Å²) in [6.07, 6.45) is 1.05. The van der Waals surface area contributed by atoms with Crippen LogP contribution in [0.25, 0.3) is 11.1 Å². The summed E-state index contributed by atoms with van der Waals surface area (Å²) in [5, 5.41) is 0.